The van der Waals surface area contributed by atoms with Crippen LogP contribution in [0.1, 0.15) is 23.1 Å². The molecule has 1 aromatic heterocycles. The van der Waals surface area contributed by atoms with Gasteiger partial charge < -0.3 is 10.3 Å². The van der Waals surface area contributed by atoms with E-state index >= 15 is 0 Å². The third-order valence-corrected chi connectivity index (χ3v) is 3.87. The van der Waals surface area contributed by atoms with E-state index in [1.54, 1.807) is 12.4 Å². The summed E-state index contributed by atoms with van der Waals surface area (Å²) in [5.41, 5.74) is 2.46. The number of nitrogens with zero attached hydrogens (tertiary/aromatic N) is 1. The van der Waals surface area contributed by atoms with Crippen molar-refractivity contribution in [2.24, 2.45) is 0 Å². The topological polar surface area (TPSA) is 57.8 Å². The zero-order chi connectivity index (χ0) is 17.9. The summed E-state index contributed by atoms with van der Waals surface area (Å²) < 4.78 is 38.0. The van der Waals surface area contributed by atoms with Crippen molar-refractivity contribution in [3.05, 3.63) is 65.5 Å². The Hall–Kier alpha value is -2.83. The highest BCUT2D eigenvalue weighted by Crippen LogP contribution is 2.29. The molecule has 1 heterocycles. The summed E-state index contributed by atoms with van der Waals surface area (Å²) >= 11 is 0. The van der Waals surface area contributed by atoms with Crippen molar-refractivity contribution in [1.29, 1.82) is 0 Å². The van der Waals surface area contributed by atoms with Gasteiger partial charge in [0.25, 0.3) is 0 Å². The van der Waals surface area contributed by atoms with Gasteiger partial charge in [-0.3, -0.25) is 4.79 Å². The molecule has 0 aliphatic heterocycles. The number of aromatic nitrogens is 2. The normalized spacial score (nSPS) is 11.6. The number of halogens is 3. The maximum atomic E-state index is 12.7. The van der Waals surface area contributed by atoms with Gasteiger partial charge in [0.05, 0.1) is 22.9 Å². The lowest BCUT2D eigenvalue weighted by molar-refractivity contribution is -0.137. The van der Waals surface area contributed by atoms with E-state index in [4.69, 9.17) is 0 Å². The quantitative estimate of drug-likeness (QED) is 0.737. The molecule has 3 rings (SSSR count). The van der Waals surface area contributed by atoms with E-state index in [-0.39, 0.29) is 18.9 Å². The highest BCUT2D eigenvalue weighted by atomic mass is 19.4. The molecule has 2 N–H and O–H groups in total. The summed E-state index contributed by atoms with van der Waals surface area (Å²) in [5.74, 6) is -0.206. The Balaban J connectivity index is 1.52. The van der Waals surface area contributed by atoms with Crippen LogP contribution in [0.5, 0.6) is 0 Å². The van der Waals surface area contributed by atoms with E-state index in [0.717, 1.165) is 28.7 Å². The lowest BCUT2D eigenvalue weighted by atomic mass is 10.1. The largest absolute Gasteiger partial charge is 0.416 e. The zero-order valence-electron chi connectivity index (χ0n) is 13.2. The van der Waals surface area contributed by atoms with Crippen LogP contribution in [0.15, 0.2) is 48.8 Å². The van der Waals surface area contributed by atoms with E-state index in [2.05, 4.69) is 15.3 Å². The number of rotatable bonds is 5. The number of aromatic amines is 1. The van der Waals surface area contributed by atoms with Crippen molar-refractivity contribution in [1.82, 2.24) is 15.3 Å². The first-order valence-corrected chi connectivity index (χ1v) is 7.77. The monoisotopic (exact) mass is 347 g/mol. The first kappa shape index (κ1) is 17.0. The maximum absolute atomic E-state index is 12.7. The lowest BCUT2D eigenvalue weighted by Gasteiger charge is -2.09. The average molecular weight is 347 g/mol. The summed E-state index contributed by atoms with van der Waals surface area (Å²) in [4.78, 5) is 19.1. The molecule has 0 spiro atoms. The van der Waals surface area contributed by atoms with Gasteiger partial charge in [0, 0.05) is 13.0 Å². The summed E-state index contributed by atoms with van der Waals surface area (Å²) in [6.45, 7) is 0.0718. The number of amides is 1. The molecule has 0 saturated carbocycles. The number of carbonyl (C=O) groups is 1. The van der Waals surface area contributed by atoms with Crippen molar-refractivity contribution in [3.63, 3.8) is 0 Å². The Bertz CT molecular complexity index is 886. The van der Waals surface area contributed by atoms with Gasteiger partial charge in [0.15, 0.2) is 0 Å². The van der Waals surface area contributed by atoms with Crippen LogP contribution < -0.4 is 5.32 Å². The number of hydrogen-bond acceptors (Lipinski definition) is 2. The van der Waals surface area contributed by atoms with Gasteiger partial charge in [-0.15, -0.1) is 0 Å². The summed E-state index contributed by atoms with van der Waals surface area (Å²) in [7, 11) is 0. The van der Waals surface area contributed by atoms with Crippen LogP contribution in [0.4, 0.5) is 13.2 Å². The smallest absolute Gasteiger partial charge is 0.352 e. The highest BCUT2D eigenvalue weighted by Gasteiger charge is 2.30. The zero-order valence-corrected chi connectivity index (χ0v) is 13.2. The van der Waals surface area contributed by atoms with Gasteiger partial charge in [-0.25, -0.2) is 4.98 Å². The fourth-order valence-corrected chi connectivity index (χ4v) is 2.54. The number of carbonyl (C=O) groups excluding carboxylic acids is 1. The number of aryl methyl sites for hydroxylation is 1. The number of H-pyrrole nitrogens is 1. The molecular formula is C18H16F3N3O. The molecule has 0 saturated heterocycles. The molecule has 3 aromatic rings. The van der Waals surface area contributed by atoms with Crippen LogP contribution >= 0.6 is 0 Å². The van der Waals surface area contributed by atoms with Crippen LogP contribution in [0, 0.1) is 0 Å². The Labute approximate surface area is 142 Å². The third kappa shape index (κ3) is 4.37. The summed E-state index contributed by atoms with van der Waals surface area (Å²) in [6.07, 6.45) is -1.97. The fraction of sp³-hybridized carbons (Fsp3) is 0.222. The molecule has 1 amide bonds. The molecule has 0 aliphatic rings. The van der Waals surface area contributed by atoms with Gasteiger partial charge >= 0.3 is 6.18 Å². The van der Waals surface area contributed by atoms with E-state index in [1.807, 2.05) is 18.2 Å². The molecule has 2 aromatic carbocycles. The number of benzene rings is 2. The molecule has 0 bridgehead atoms. The minimum absolute atomic E-state index is 0.0718. The standard InChI is InChI=1S/C18H16F3N3O/c19-18(20,21)14-3-1-2-13(8-14)10-22-17(25)7-5-12-4-6-15-16(9-12)24-11-23-15/h1-4,6,8-9,11H,5,7,10H2,(H,22,25)(H,23,24). The molecule has 7 heteroatoms. The van der Waals surface area contributed by atoms with E-state index < -0.39 is 11.7 Å². The molecule has 4 nitrogen and oxygen atoms in total. The second-order valence-corrected chi connectivity index (χ2v) is 5.73. The van der Waals surface area contributed by atoms with Crippen LogP contribution in [0.2, 0.25) is 0 Å². The first-order chi connectivity index (χ1) is 11.9. The van der Waals surface area contributed by atoms with Crippen molar-refractivity contribution >= 4 is 16.9 Å². The lowest BCUT2D eigenvalue weighted by Crippen LogP contribution is -2.23. The molecule has 0 radical (unpaired) electrons. The van der Waals surface area contributed by atoms with Crippen molar-refractivity contribution < 1.29 is 18.0 Å². The van der Waals surface area contributed by atoms with Gasteiger partial charge in [0.2, 0.25) is 5.91 Å². The maximum Gasteiger partial charge on any atom is 0.416 e. The van der Waals surface area contributed by atoms with Gasteiger partial charge in [-0.05, 0) is 41.8 Å². The Morgan fingerprint density at radius 1 is 1.12 bits per heavy atom. The van der Waals surface area contributed by atoms with Crippen molar-refractivity contribution in [3.8, 4) is 0 Å². The highest BCUT2D eigenvalue weighted by molar-refractivity contribution is 5.77. The first-order valence-electron chi connectivity index (χ1n) is 7.77. The molecule has 0 fully saturated rings. The third-order valence-electron chi connectivity index (χ3n) is 3.87. The Morgan fingerprint density at radius 3 is 2.76 bits per heavy atom. The predicted octanol–water partition coefficient (Wildman–Crippen LogP) is 3.83. The van der Waals surface area contributed by atoms with Crippen molar-refractivity contribution in [2.75, 3.05) is 0 Å². The minimum atomic E-state index is -4.38. The summed E-state index contributed by atoms with van der Waals surface area (Å²) in [6, 6.07) is 10.7. The summed E-state index contributed by atoms with van der Waals surface area (Å²) in [5, 5.41) is 2.65. The Morgan fingerprint density at radius 2 is 1.96 bits per heavy atom. The van der Waals surface area contributed by atoms with E-state index in [1.165, 1.54) is 6.07 Å². The number of fused-ring (bicyclic) bond motifs is 1. The second-order valence-electron chi connectivity index (χ2n) is 5.73. The second kappa shape index (κ2) is 6.96. The van der Waals surface area contributed by atoms with Gasteiger partial charge in [0.1, 0.15) is 0 Å². The van der Waals surface area contributed by atoms with Crippen LogP contribution in [0.3, 0.4) is 0 Å². The van der Waals surface area contributed by atoms with Crippen LogP contribution in [-0.4, -0.2) is 15.9 Å². The molecule has 130 valence electrons. The fourth-order valence-electron chi connectivity index (χ4n) is 2.54. The Kier molecular flexibility index (Phi) is 4.74. The van der Waals surface area contributed by atoms with Crippen LogP contribution in [-0.2, 0) is 23.9 Å². The SMILES string of the molecule is O=C(CCc1ccc2nc[nH]c2c1)NCc1cccc(C(F)(F)F)c1. The number of hydrogen-bond donors (Lipinski definition) is 2. The molecule has 0 unspecified atom stereocenters. The molecule has 25 heavy (non-hydrogen) atoms. The molecule has 0 aliphatic carbocycles. The van der Waals surface area contributed by atoms with E-state index in [9.17, 15) is 18.0 Å². The predicted molar refractivity (Wildman–Crippen MR) is 87.7 cm³/mol. The van der Waals surface area contributed by atoms with E-state index in [0.29, 0.717) is 12.0 Å². The van der Waals surface area contributed by atoms with Gasteiger partial charge in [-0.2, -0.15) is 13.2 Å². The average Bonchev–Trinajstić information content (AvgIpc) is 3.05. The molecule has 0 atom stereocenters. The minimum Gasteiger partial charge on any atom is -0.352 e. The van der Waals surface area contributed by atoms with Crippen molar-refractivity contribution in [2.45, 2.75) is 25.6 Å². The number of imidazole rings is 1. The van der Waals surface area contributed by atoms with Gasteiger partial charge in [-0.1, -0.05) is 18.2 Å². The number of nitrogens with one attached hydrogen (secondary N) is 2. The van der Waals surface area contributed by atoms with Crippen LogP contribution in [0.25, 0.3) is 11.0 Å². The number of alkyl halides is 3. The molecular weight excluding hydrogens is 331 g/mol.